The van der Waals surface area contributed by atoms with Crippen LogP contribution in [0.25, 0.3) is 0 Å². The highest BCUT2D eigenvalue weighted by molar-refractivity contribution is 5.99. The molecule has 0 bridgehead atoms. The molecule has 1 fully saturated rings. The molecule has 1 aromatic rings. The lowest BCUT2D eigenvalue weighted by Crippen LogP contribution is -2.31. The Balaban J connectivity index is 2.04. The summed E-state index contributed by atoms with van der Waals surface area (Å²) >= 11 is 0. The van der Waals surface area contributed by atoms with Crippen molar-refractivity contribution in [1.29, 1.82) is 0 Å². The normalized spacial score (nSPS) is 18.6. The van der Waals surface area contributed by atoms with E-state index in [-0.39, 0.29) is 11.7 Å². The van der Waals surface area contributed by atoms with Crippen LogP contribution >= 0.6 is 0 Å². The lowest BCUT2D eigenvalue weighted by molar-refractivity contribution is 0.0534. The van der Waals surface area contributed by atoms with E-state index in [1.54, 1.807) is 0 Å². The van der Waals surface area contributed by atoms with Crippen LogP contribution in [0.3, 0.4) is 0 Å². The summed E-state index contributed by atoms with van der Waals surface area (Å²) in [7, 11) is 0. The first-order valence-electron chi connectivity index (χ1n) is 7.03. The molecule has 0 saturated heterocycles. The Kier molecular flexibility index (Phi) is 4.54. The highest BCUT2D eigenvalue weighted by Gasteiger charge is 2.27. The molecule has 18 heavy (non-hydrogen) atoms. The molecule has 98 valence electrons. The fraction of sp³-hybridized carbons (Fsp3) is 0.562. The molecule has 0 heterocycles. The quantitative estimate of drug-likeness (QED) is 0.827. The summed E-state index contributed by atoms with van der Waals surface area (Å²) in [6.07, 6.45) is 5.66. The fourth-order valence-corrected chi connectivity index (χ4v) is 2.74. The summed E-state index contributed by atoms with van der Waals surface area (Å²) in [5.41, 5.74) is 1.86. The molecule has 0 amide bonds. The summed E-state index contributed by atoms with van der Waals surface area (Å²) in [5, 5.41) is 10.2. The zero-order valence-electron chi connectivity index (χ0n) is 11.1. The second kappa shape index (κ2) is 6.14. The fourth-order valence-electron chi connectivity index (χ4n) is 2.74. The maximum absolute atomic E-state index is 12.2. The molecule has 0 radical (unpaired) electrons. The number of carbonyl (C=O) groups is 1. The standard InChI is InChI=1S/C16H22O2/c1-2-12-8-10-14(11-9-12)16(18)15(17)13-6-4-3-5-7-13/h8-11,13,15,17H,2-7H2,1H3. The van der Waals surface area contributed by atoms with Gasteiger partial charge in [-0.1, -0.05) is 50.5 Å². The van der Waals surface area contributed by atoms with Gasteiger partial charge in [0.1, 0.15) is 6.10 Å². The average molecular weight is 246 g/mol. The third kappa shape index (κ3) is 2.99. The maximum Gasteiger partial charge on any atom is 0.191 e. The van der Waals surface area contributed by atoms with E-state index in [4.69, 9.17) is 0 Å². The van der Waals surface area contributed by atoms with Crippen molar-refractivity contribution in [2.24, 2.45) is 5.92 Å². The number of aliphatic hydroxyl groups excluding tert-OH is 1. The molecule has 2 nitrogen and oxygen atoms in total. The highest BCUT2D eigenvalue weighted by Crippen LogP contribution is 2.28. The van der Waals surface area contributed by atoms with E-state index in [2.05, 4.69) is 6.92 Å². The van der Waals surface area contributed by atoms with Crippen LogP contribution in [0.5, 0.6) is 0 Å². The number of carbonyl (C=O) groups excluding carboxylic acids is 1. The molecule has 1 aliphatic rings. The Morgan fingerprint density at radius 1 is 1.22 bits per heavy atom. The van der Waals surface area contributed by atoms with Crippen molar-refractivity contribution in [3.63, 3.8) is 0 Å². The van der Waals surface area contributed by atoms with Crippen LogP contribution in [0, 0.1) is 5.92 Å². The molecule has 0 aromatic heterocycles. The first kappa shape index (κ1) is 13.3. The van der Waals surface area contributed by atoms with Crippen LogP contribution in [0.4, 0.5) is 0 Å². The maximum atomic E-state index is 12.2. The minimum atomic E-state index is -0.808. The first-order chi connectivity index (χ1) is 8.72. The molecule has 2 rings (SSSR count). The predicted molar refractivity (Wildman–Crippen MR) is 72.7 cm³/mol. The van der Waals surface area contributed by atoms with E-state index in [1.807, 2.05) is 24.3 Å². The van der Waals surface area contributed by atoms with Crippen LogP contribution in [0.2, 0.25) is 0 Å². The van der Waals surface area contributed by atoms with Crippen molar-refractivity contribution >= 4 is 5.78 Å². The minimum absolute atomic E-state index is 0.107. The van der Waals surface area contributed by atoms with Gasteiger partial charge in [-0.25, -0.2) is 0 Å². The third-order valence-electron chi connectivity index (χ3n) is 4.01. The molecule has 0 spiro atoms. The number of benzene rings is 1. The Bertz CT molecular complexity index is 388. The van der Waals surface area contributed by atoms with E-state index in [1.165, 1.54) is 12.0 Å². The van der Waals surface area contributed by atoms with Gasteiger partial charge in [-0.3, -0.25) is 4.79 Å². The zero-order valence-corrected chi connectivity index (χ0v) is 11.1. The number of rotatable bonds is 4. The van der Waals surface area contributed by atoms with Crippen LogP contribution in [-0.4, -0.2) is 17.0 Å². The largest absolute Gasteiger partial charge is 0.385 e. The van der Waals surface area contributed by atoms with E-state index < -0.39 is 6.10 Å². The summed E-state index contributed by atoms with van der Waals surface area (Å²) in [4.78, 5) is 12.2. The van der Waals surface area contributed by atoms with E-state index in [9.17, 15) is 9.90 Å². The minimum Gasteiger partial charge on any atom is -0.385 e. The monoisotopic (exact) mass is 246 g/mol. The van der Waals surface area contributed by atoms with Crippen LogP contribution < -0.4 is 0 Å². The van der Waals surface area contributed by atoms with Gasteiger partial charge in [0, 0.05) is 5.56 Å². The summed E-state index contributed by atoms with van der Waals surface area (Å²) in [6, 6.07) is 7.63. The van der Waals surface area contributed by atoms with Gasteiger partial charge in [0.05, 0.1) is 0 Å². The first-order valence-corrected chi connectivity index (χ1v) is 7.03. The topological polar surface area (TPSA) is 37.3 Å². The highest BCUT2D eigenvalue weighted by atomic mass is 16.3. The Labute approximate surface area is 109 Å². The Morgan fingerprint density at radius 2 is 1.83 bits per heavy atom. The number of aryl methyl sites for hydroxylation is 1. The third-order valence-corrected chi connectivity index (χ3v) is 4.01. The molecule has 1 atom stereocenters. The van der Waals surface area contributed by atoms with Crippen molar-refractivity contribution in [2.75, 3.05) is 0 Å². The van der Waals surface area contributed by atoms with E-state index in [0.717, 1.165) is 32.1 Å². The smallest absolute Gasteiger partial charge is 0.191 e. The Morgan fingerprint density at radius 3 is 2.39 bits per heavy atom. The second-order valence-corrected chi connectivity index (χ2v) is 5.26. The van der Waals surface area contributed by atoms with Crippen LogP contribution in [0.1, 0.15) is 54.9 Å². The van der Waals surface area contributed by atoms with Gasteiger partial charge >= 0.3 is 0 Å². The molecule has 1 unspecified atom stereocenters. The van der Waals surface area contributed by atoms with Gasteiger partial charge in [0.15, 0.2) is 5.78 Å². The number of ketones is 1. The molecule has 0 aliphatic heterocycles. The number of Topliss-reactive ketones (excluding diaryl/α,β-unsaturated/α-hetero) is 1. The molecular weight excluding hydrogens is 224 g/mol. The van der Waals surface area contributed by atoms with E-state index in [0.29, 0.717) is 5.56 Å². The van der Waals surface area contributed by atoms with Crippen molar-refractivity contribution in [3.8, 4) is 0 Å². The van der Waals surface area contributed by atoms with Crippen LogP contribution in [-0.2, 0) is 6.42 Å². The van der Waals surface area contributed by atoms with Crippen molar-refractivity contribution in [3.05, 3.63) is 35.4 Å². The molecule has 2 heteroatoms. The van der Waals surface area contributed by atoms with Crippen molar-refractivity contribution < 1.29 is 9.90 Å². The van der Waals surface area contributed by atoms with Crippen molar-refractivity contribution in [2.45, 2.75) is 51.6 Å². The molecule has 1 N–H and O–H groups in total. The van der Waals surface area contributed by atoms with Crippen LogP contribution in [0.15, 0.2) is 24.3 Å². The number of hydrogen-bond acceptors (Lipinski definition) is 2. The summed E-state index contributed by atoms with van der Waals surface area (Å²) < 4.78 is 0. The second-order valence-electron chi connectivity index (χ2n) is 5.26. The molecule has 1 aliphatic carbocycles. The predicted octanol–water partition coefficient (Wildman–Crippen LogP) is 3.37. The van der Waals surface area contributed by atoms with Gasteiger partial charge < -0.3 is 5.11 Å². The van der Waals surface area contributed by atoms with Gasteiger partial charge in [0.2, 0.25) is 0 Å². The van der Waals surface area contributed by atoms with Gasteiger partial charge in [-0.2, -0.15) is 0 Å². The van der Waals surface area contributed by atoms with Gasteiger partial charge in [-0.05, 0) is 30.7 Å². The lowest BCUT2D eigenvalue weighted by atomic mass is 9.82. The molecular formula is C16H22O2. The number of aliphatic hydroxyl groups is 1. The molecule has 1 saturated carbocycles. The van der Waals surface area contributed by atoms with Gasteiger partial charge in [0.25, 0.3) is 0 Å². The lowest BCUT2D eigenvalue weighted by Gasteiger charge is -2.25. The average Bonchev–Trinajstić information content (AvgIpc) is 2.47. The van der Waals surface area contributed by atoms with E-state index >= 15 is 0 Å². The number of hydrogen-bond donors (Lipinski definition) is 1. The van der Waals surface area contributed by atoms with Gasteiger partial charge in [-0.15, -0.1) is 0 Å². The summed E-state index contributed by atoms with van der Waals surface area (Å²) in [6.45, 7) is 2.09. The summed E-state index contributed by atoms with van der Waals surface area (Å²) in [5.74, 6) is 0.0571. The van der Waals surface area contributed by atoms with Crippen molar-refractivity contribution in [1.82, 2.24) is 0 Å². The zero-order chi connectivity index (χ0) is 13.0. The molecule has 1 aromatic carbocycles. The SMILES string of the molecule is CCc1ccc(C(=O)C(O)C2CCCCC2)cc1. The Hall–Kier alpha value is -1.15.